The van der Waals surface area contributed by atoms with Gasteiger partial charge >= 0.3 is 0 Å². The van der Waals surface area contributed by atoms with E-state index in [1.807, 2.05) is 0 Å². The summed E-state index contributed by atoms with van der Waals surface area (Å²) in [5.41, 5.74) is 0. The largest absolute Gasteiger partial charge is 0.385 e. The molecule has 2 heteroatoms. The Morgan fingerprint density at radius 3 is 2.73 bits per heavy atom. The highest BCUT2D eigenvalue weighted by Crippen LogP contribution is 2.35. The summed E-state index contributed by atoms with van der Waals surface area (Å²) in [6, 6.07) is 0. The Labute approximate surface area is 83.0 Å². The molecule has 66 valence electrons. The van der Waals surface area contributed by atoms with Crippen molar-refractivity contribution >= 4 is 22.6 Å². The second-order valence-electron chi connectivity index (χ2n) is 3.39. The van der Waals surface area contributed by atoms with Crippen molar-refractivity contribution < 1.29 is 4.74 Å². The SMILES string of the molecule is COCC[C@H]1CCC[C@H]1CI. The zero-order valence-electron chi connectivity index (χ0n) is 7.18. The Morgan fingerprint density at radius 1 is 1.36 bits per heavy atom. The lowest BCUT2D eigenvalue weighted by atomic mass is 9.95. The van der Waals surface area contributed by atoms with Crippen LogP contribution in [0.15, 0.2) is 0 Å². The van der Waals surface area contributed by atoms with Crippen LogP contribution in [0.4, 0.5) is 0 Å². The van der Waals surface area contributed by atoms with E-state index < -0.39 is 0 Å². The molecule has 1 nitrogen and oxygen atoms in total. The van der Waals surface area contributed by atoms with E-state index in [9.17, 15) is 0 Å². The Balaban J connectivity index is 2.20. The number of ether oxygens (including phenoxy) is 1. The number of alkyl halides is 1. The van der Waals surface area contributed by atoms with Gasteiger partial charge in [-0.25, -0.2) is 0 Å². The normalized spacial score (nSPS) is 31.1. The molecule has 11 heavy (non-hydrogen) atoms. The zero-order chi connectivity index (χ0) is 8.10. The van der Waals surface area contributed by atoms with E-state index >= 15 is 0 Å². The summed E-state index contributed by atoms with van der Waals surface area (Å²) in [5.74, 6) is 1.96. The van der Waals surface area contributed by atoms with Gasteiger partial charge in [-0.05, 0) is 24.7 Å². The molecule has 0 unspecified atom stereocenters. The molecule has 2 atom stereocenters. The first-order valence-corrected chi connectivity index (χ1v) is 5.96. The van der Waals surface area contributed by atoms with Crippen LogP contribution < -0.4 is 0 Å². The molecular formula is C9H17IO. The lowest BCUT2D eigenvalue weighted by Crippen LogP contribution is -2.11. The van der Waals surface area contributed by atoms with Crippen LogP contribution in [0.3, 0.4) is 0 Å². The highest BCUT2D eigenvalue weighted by molar-refractivity contribution is 14.1. The Bertz CT molecular complexity index is 106. The van der Waals surface area contributed by atoms with Crippen molar-refractivity contribution in [1.82, 2.24) is 0 Å². The van der Waals surface area contributed by atoms with E-state index in [2.05, 4.69) is 22.6 Å². The van der Waals surface area contributed by atoms with Gasteiger partial charge in [-0.3, -0.25) is 0 Å². The van der Waals surface area contributed by atoms with Crippen molar-refractivity contribution in [3.63, 3.8) is 0 Å². The van der Waals surface area contributed by atoms with Gasteiger partial charge in [0, 0.05) is 18.1 Å². The molecule has 0 heterocycles. The first kappa shape index (κ1) is 9.78. The maximum atomic E-state index is 5.09. The highest BCUT2D eigenvalue weighted by Gasteiger charge is 2.25. The van der Waals surface area contributed by atoms with Gasteiger partial charge in [0.2, 0.25) is 0 Å². The van der Waals surface area contributed by atoms with Gasteiger partial charge < -0.3 is 4.74 Å². The molecule has 1 rings (SSSR count). The minimum Gasteiger partial charge on any atom is -0.385 e. The molecule has 0 amide bonds. The Hall–Kier alpha value is 0.690. The van der Waals surface area contributed by atoms with Gasteiger partial charge in [-0.2, -0.15) is 0 Å². The first-order chi connectivity index (χ1) is 5.38. The van der Waals surface area contributed by atoms with E-state index in [1.54, 1.807) is 7.11 Å². The zero-order valence-corrected chi connectivity index (χ0v) is 9.34. The average molecular weight is 268 g/mol. The molecule has 1 aliphatic rings. The van der Waals surface area contributed by atoms with Crippen molar-refractivity contribution in [3.05, 3.63) is 0 Å². The van der Waals surface area contributed by atoms with Crippen LogP contribution in [0.25, 0.3) is 0 Å². The fourth-order valence-corrected chi connectivity index (χ4v) is 3.13. The monoisotopic (exact) mass is 268 g/mol. The molecule has 0 spiro atoms. The molecule has 0 saturated heterocycles. The fraction of sp³-hybridized carbons (Fsp3) is 1.00. The van der Waals surface area contributed by atoms with Gasteiger partial charge in [0.25, 0.3) is 0 Å². The van der Waals surface area contributed by atoms with Crippen molar-refractivity contribution in [2.24, 2.45) is 11.8 Å². The second kappa shape index (κ2) is 5.36. The van der Waals surface area contributed by atoms with Crippen LogP contribution in [-0.4, -0.2) is 18.1 Å². The van der Waals surface area contributed by atoms with E-state index in [0.29, 0.717) is 0 Å². The molecule has 1 fully saturated rings. The maximum absolute atomic E-state index is 5.09. The minimum absolute atomic E-state index is 0.956. The van der Waals surface area contributed by atoms with Crippen LogP contribution in [0.1, 0.15) is 25.7 Å². The summed E-state index contributed by atoms with van der Waals surface area (Å²) >= 11 is 2.52. The predicted octanol–water partition coefficient (Wildman–Crippen LogP) is 2.87. The summed E-state index contributed by atoms with van der Waals surface area (Å²) < 4.78 is 6.43. The summed E-state index contributed by atoms with van der Waals surface area (Å²) in [7, 11) is 1.80. The van der Waals surface area contributed by atoms with E-state index in [-0.39, 0.29) is 0 Å². The average Bonchev–Trinajstić information content (AvgIpc) is 2.47. The fourth-order valence-electron chi connectivity index (χ4n) is 1.97. The molecule has 0 N–H and O–H groups in total. The number of rotatable bonds is 4. The Kier molecular flexibility index (Phi) is 4.76. The van der Waals surface area contributed by atoms with Gasteiger partial charge in [-0.15, -0.1) is 0 Å². The second-order valence-corrected chi connectivity index (χ2v) is 4.27. The van der Waals surface area contributed by atoms with E-state index in [4.69, 9.17) is 4.74 Å². The minimum atomic E-state index is 0.956. The van der Waals surface area contributed by atoms with Gasteiger partial charge in [-0.1, -0.05) is 35.4 Å². The molecule has 1 saturated carbocycles. The van der Waals surface area contributed by atoms with Crippen LogP contribution in [0.2, 0.25) is 0 Å². The highest BCUT2D eigenvalue weighted by atomic mass is 127. The Morgan fingerprint density at radius 2 is 2.09 bits per heavy atom. The van der Waals surface area contributed by atoms with Crippen LogP contribution >= 0.6 is 22.6 Å². The van der Waals surface area contributed by atoms with Gasteiger partial charge in [0.05, 0.1) is 0 Å². The summed E-state index contributed by atoms with van der Waals surface area (Å²) in [4.78, 5) is 0. The van der Waals surface area contributed by atoms with Gasteiger partial charge in [0.1, 0.15) is 0 Å². The van der Waals surface area contributed by atoms with Gasteiger partial charge in [0.15, 0.2) is 0 Å². The third-order valence-corrected chi connectivity index (χ3v) is 3.84. The number of methoxy groups -OCH3 is 1. The molecule has 0 aromatic rings. The number of halogens is 1. The standard InChI is InChI=1S/C9H17IO/c1-11-6-5-8-3-2-4-9(8)7-10/h8-9H,2-7H2,1H3/t8-,9+/m1/s1. The van der Waals surface area contributed by atoms with Crippen molar-refractivity contribution in [3.8, 4) is 0 Å². The summed E-state index contributed by atoms with van der Waals surface area (Å²) in [5, 5.41) is 0. The molecule has 0 aromatic heterocycles. The summed E-state index contributed by atoms with van der Waals surface area (Å²) in [6.45, 7) is 0.956. The molecule has 0 bridgehead atoms. The maximum Gasteiger partial charge on any atom is 0.0465 e. The smallest absolute Gasteiger partial charge is 0.0465 e. The first-order valence-electron chi connectivity index (χ1n) is 4.43. The van der Waals surface area contributed by atoms with Crippen LogP contribution in [-0.2, 0) is 4.74 Å². The number of hydrogen-bond acceptors (Lipinski definition) is 1. The third kappa shape index (κ3) is 2.90. The van der Waals surface area contributed by atoms with Crippen molar-refractivity contribution in [1.29, 1.82) is 0 Å². The summed E-state index contributed by atoms with van der Waals surface area (Å²) in [6.07, 6.45) is 5.63. The lowest BCUT2D eigenvalue weighted by Gasteiger charge is -2.15. The van der Waals surface area contributed by atoms with Crippen LogP contribution in [0.5, 0.6) is 0 Å². The molecule has 1 aliphatic carbocycles. The molecular weight excluding hydrogens is 251 g/mol. The topological polar surface area (TPSA) is 9.23 Å². The third-order valence-electron chi connectivity index (χ3n) is 2.71. The molecule has 0 radical (unpaired) electrons. The van der Waals surface area contributed by atoms with Crippen LogP contribution in [0, 0.1) is 11.8 Å². The molecule has 0 aliphatic heterocycles. The lowest BCUT2D eigenvalue weighted by molar-refractivity contribution is 0.170. The number of hydrogen-bond donors (Lipinski definition) is 0. The van der Waals surface area contributed by atoms with Crippen molar-refractivity contribution in [2.45, 2.75) is 25.7 Å². The van der Waals surface area contributed by atoms with E-state index in [0.717, 1.165) is 18.4 Å². The van der Waals surface area contributed by atoms with E-state index in [1.165, 1.54) is 30.1 Å². The molecule has 0 aromatic carbocycles. The predicted molar refractivity (Wildman–Crippen MR) is 56.2 cm³/mol. The van der Waals surface area contributed by atoms with Crippen molar-refractivity contribution in [2.75, 3.05) is 18.1 Å². The quantitative estimate of drug-likeness (QED) is 0.562.